The van der Waals surface area contributed by atoms with Crippen LogP contribution in [0.5, 0.6) is 0 Å². The van der Waals surface area contributed by atoms with Crippen LogP contribution in [0.2, 0.25) is 0 Å². The first kappa shape index (κ1) is 20.6. The number of hydrogen-bond donors (Lipinski definition) is 0. The lowest BCUT2D eigenvalue weighted by Gasteiger charge is -2.25. The molecule has 3 aromatic carbocycles. The Hall–Kier alpha value is -4.33. The van der Waals surface area contributed by atoms with Gasteiger partial charge in [0, 0.05) is 17.8 Å². The zero-order chi connectivity index (χ0) is 23.4. The van der Waals surface area contributed by atoms with Crippen molar-refractivity contribution in [2.45, 2.75) is 19.9 Å². The van der Waals surface area contributed by atoms with Gasteiger partial charge >= 0.3 is 0 Å². The predicted octanol–water partition coefficient (Wildman–Crippen LogP) is 5.21. The molecule has 2 heterocycles. The van der Waals surface area contributed by atoms with Crippen LogP contribution in [0.3, 0.4) is 0 Å². The Morgan fingerprint density at radius 3 is 2.24 bits per heavy atom. The summed E-state index contributed by atoms with van der Waals surface area (Å²) in [5.41, 5.74) is 2.66. The van der Waals surface area contributed by atoms with Crippen LogP contribution in [0.25, 0.3) is 11.0 Å². The molecule has 1 aromatic heterocycles. The van der Waals surface area contributed by atoms with Gasteiger partial charge in [0.15, 0.2) is 5.43 Å². The molecule has 1 aliphatic rings. The number of anilines is 1. The molecule has 0 fully saturated rings. The summed E-state index contributed by atoms with van der Waals surface area (Å²) >= 11 is 0. The van der Waals surface area contributed by atoms with Crippen molar-refractivity contribution >= 4 is 28.3 Å². The van der Waals surface area contributed by atoms with Crippen molar-refractivity contribution in [1.82, 2.24) is 0 Å². The van der Waals surface area contributed by atoms with Crippen molar-refractivity contribution in [3.05, 3.63) is 115 Å². The van der Waals surface area contributed by atoms with Crippen molar-refractivity contribution in [2.24, 2.45) is 0 Å². The van der Waals surface area contributed by atoms with E-state index in [0.29, 0.717) is 22.2 Å². The van der Waals surface area contributed by atoms with Crippen molar-refractivity contribution in [3.8, 4) is 0 Å². The maximum Gasteiger partial charge on any atom is 0.295 e. The fourth-order valence-corrected chi connectivity index (χ4v) is 4.19. The van der Waals surface area contributed by atoms with Gasteiger partial charge in [0.2, 0.25) is 5.76 Å². The number of nitro benzene ring substituents is 1. The van der Waals surface area contributed by atoms with Gasteiger partial charge in [-0.25, -0.2) is 4.39 Å². The molecule has 0 saturated carbocycles. The minimum absolute atomic E-state index is 0.0940. The molecule has 0 N–H and O–H groups in total. The number of rotatable bonds is 3. The SMILES string of the molecule is Cc1cc2oc3c(c(=O)c2cc1C)C(c1ccc([N+](=O)[O-])cc1)N(c1ccc(F)cc1)C3=O. The van der Waals surface area contributed by atoms with Gasteiger partial charge in [0.1, 0.15) is 11.4 Å². The zero-order valence-corrected chi connectivity index (χ0v) is 17.7. The van der Waals surface area contributed by atoms with Gasteiger partial charge in [-0.05, 0) is 79.1 Å². The maximum absolute atomic E-state index is 13.6. The van der Waals surface area contributed by atoms with Gasteiger partial charge in [0.05, 0.1) is 21.9 Å². The molecule has 5 rings (SSSR count). The second-order valence-electron chi connectivity index (χ2n) is 8.01. The molecule has 8 heteroatoms. The van der Waals surface area contributed by atoms with E-state index in [9.17, 15) is 24.1 Å². The normalized spacial score (nSPS) is 15.2. The Morgan fingerprint density at radius 2 is 1.61 bits per heavy atom. The number of aryl methyl sites for hydroxylation is 2. The number of carbonyl (C=O) groups is 1. The molecule has 1 unspecified atom stereocenters. The third kappa shape index (κ3) is 3.18. The van der Waals surface area contributed by atoms with Gasteiger partial charge in [-0.15, -0.1) is 0 Å². The lowest BCUT2D eigenvalue weighted by molar-refractivity contribution is -0.384. The van der Waals surface area contributed by atoms with Gasteiger partial charge < -0.3 is 4.42 Å². The number of hydrogen-bond acceptors (Lipinski definition) is 5. The van der Waals surface area contributed by atoms with E-state index in [0.717, 1.165) is 11.1 Å². The van der Waals surface area contributed by atoms with Crippen molar-refractivity contribution in [1.29, 1.82) is 0 Å². The van der Waals surface area contributed by atoms with E-state index < -0.39 is 22.7 Å². The van der Waals surface area contributed by atoms with Crippen LogP contribution in [0.1, 0.15) is 38.9 Å². The Kier molecular flexibility index (Phi) is 4.59. The highest BCUT2D eigenvalue weighted by molar-refractivity contribution is 6.10. The van der Waals surface area contributed by atoms with Crippen molar-refractivity contribution in [3.63, 3.8) is 0 Å². The molecule has 0 radical (unpaired) electrons. The standard InChI is InChI=1S/C25H17FN2O5/c1-13-11-19-20(12-14(13)2)33-24-21(23(19)29)22(15-3-7-18(8-4-15)28(31)32)27(25(24)30)17-9-5-16(26)6-10-17/h3-12,22H,1-2H3. The second-order valence-corrected chi connectivity index (χ2v) is 8.01. The number of nitro groups is 1. The van der Waals surface area contributed by atoms with Crippen molar-refractivity contribution < 1.29 is 18.5 Å². The fourth-order valence-electron chi connectivity index (χ4n) is 4.19. The average Bonchev–Trinajstić information content (AvgIpc) is 3.08. The minimum atomic E-state index is -0.888. The average molecular weight is 444 g/mol. The molecular weight excluding hydrogens is 427 g/mol. The molecule has 0 aliphatic carbocycles. The highest BCUT2D eigenvalue weighted by atomic mass is 19.1. The second kappa shape index (κ2) is 7.37. The summed E-state index contributed by atoms with van der Waals surface area (Å²) in [5, 5.41) is 11.4. The van der Waals surface area contributed by atoms with Crippen LogP contribution in [-0.4, -0.2) is 10.8 Å². The van der Waals surface area contributed by atoms with E-state index in [1.807, 2.05) is 13.8 Å². The van der Waals surface area contributed by atoms with Crippen LogP contribution in [0, 0.1) is 29.8 Å². The molecule has 0 bridgehead atoms. The number of amides is 1. The number of non-ortho nitro benzene ring substituents is 1. The quantitative estimate of drug-likeness (QED) is 0.320. The highest BCUT2D eigenvalue weighted by Crippen LogP contribution is 2.41. The van der Waals surface area contributed by atoms with Gasteiger partial charge in [-0.2, -0.15) is 0 Å². The molecule has 1 amide bonds. The van der Waals surface area contributed by atoms with Crippen LogP contribution in [0.4, 0.5) is 15.8 Å². The first-order valence-corrected chi connectivity index (χ1v) is 10.2. The number of halogens is 1. The molecule has 4 aromatic rings. The third-order valence-electron chi connectivity index (χ3n) is 6.01. The van der Waals surface area contributed by atoms with E-state index in [4.69, 9.17) is 4.42 Å². The first-order chi connectivity index (χ1) is 15.8. The summed E-state index contributed by atoms with van der Waals surface area (Å²) < 4.78 is 19.5. The number of nitrogens with zero attached hydrogens (tertiary/aromatic N) is 2. The Labute approximate surface area is 186 Å². The zero-order valence-electron chi connectivity index (χ0n) is 17.7. The van der Waals surface area contributed by atoms with Crippen molar-refractivity contribution in [2.75, 3.05) is 4.90 Å². The predicted molar refractivity (Wildman–Crippen MR) is 120 cm³/mol. The van der Waals surface area contributed by atoms with Crippen LogP contribution >= 0.6 is 0 Å². The molecule has 0 spiro atoms. The molecular formula is C25H17FN2O5. The molecule has 0 saturated heterocycles. The Bertz CT molecular complexity index is 1510. The smallest absolute Gasteiger partial charge is 0.295 e. The summed E-state index contributed by atoms with van der Waals surface area (Å²) in [5.74, 6) is -1.11. The lowest BCUT2D eigenvalue weighted by atomic mass is 9.97. The van der Waals surface area contributed by atoms with Gasteiger partial charge in [0.25, 0.3) is 11.6 Å². The Morgan fingerprint density at radius 1 is 0.970 bits per heavy atom. The number of fused-ring (bicyclic) bond motifs is 2. The number of carbonyl (C=O) groups excluding carboxylic acids is 1. The lowest BCUT2D eigenvalue weighted by Crippen LogP contribution is -2.29. The van der Waals surface area contributed by atoms with Crippen LogP contribution < -0.4 is 10.3 Å². The summed E-state index contributed by atoms with van der Waals surface area (Å²) in [4.78, 5) is 39.0. The van der Waals surface area contributed by atoms with Gasteiger partial charge in [-0.1, -0.05) is 0 Å². The van der Waals surface area contributed by atoms with E-state index in [-0.39, 0.29) is 22.4 Å². The third-order valence-corrected chi connectivity index (χ3v) is 6.01. The molecule has 7 nitrogen and oxygen atoms in total. The van der Waals surface area contributed by atoms with Crippen LogP contribution in [0.15, 0.2) is 69.9 Å². The minimum Gasteiger partial charge on any atom is -0.450 e. The first-order valence-electron chi connectivity index (χ1n) is 10.2. The Balaban J connectivity index is 1.79. The van der Waals surface area contributed by atoms with E-state index in [1.54, 1.807) is 12.1 Å². The monoisotopic (exact) mass is 444 g/mol. The summed E-state index contributed by atoms with van der Waals surface area (Å²) in [6.45, 7) is 3.76. The summed E-state index contributed by atoms with van der Waals surface area (Å²) in [6.07, 6.45) is 0. The molecule has 33 heavy (non-hydrogen) atoms. The topological polar surface area (TPSA) is 93.7 Å². The largest absolute Gasteiger partial charge is 0.450 e. The molecule has 1 aliphatic heterocycles. The number of benzene rings is 3. The van der Waals surface area contributed by atoms with Gasteiger partial charge in [-0.3, -0.25) is 24.6 Å². The highest BCUT2D eigenvalue weighted by Gasteiger charge is 2.43. The molecule has 1 atom stereocenters. The van der Waals surface area contributed by atoms with Crippen LogP contribution in [-0.2, 0) is 0 Å². The van der Waals surface area contributed by atoms with E-state index >= 15 is 0 Å². The van der Waals surface area contributed by atoms with E-state index in [2.05, 4.69) is 0 Å². The summed E-state index contributed by atoms with van der Waals surface area (Å²) in [6, 6.07) is 13.5. The fraction of sp³-hybridized carbons (Fsp3) is 0.120. The van der Waals surface area contributed by atoms with E-state index in [1.165, 1.54) is 53.4 Å². The summed E-state index contributed by atoms with van der Waals surface area (Å²) in [7, 11) is 0. The maximum atomic E-state index is 13.6. The molecule has 164 valence electrons.